The first kappa shape index (κ1) is 16.4. The Morgan fingerprint density at radius 3 is 2.15 bits per heavy atom. The van der Waals surface area contributed by atoms with Crippen LogP contribution in [0.25, 0.3) is 0 Å². The highest BCUT2D eigenvalue weighted by Crippen LogP contribution is 2.42. The fraction of sp³-hybridized carbons (Fsp3) is 0.667. The van der Waals surface area contributed by atoms with E-state index in [1.54, 1.807) is 0 Å². The van der Waals surface area contributed by atoms with E-state index in [-0.39, 0.29) is 5.38 Å². The molecule has 0 heterocycles. The molecule has 2 heteroatoms. The smallest absolute Gasteiger partial charge is 0.0404 e. The standard InChI is InChI=1S/C18H26BrCl/c1-18(2,3)15-8-6-14(7-9-15)17(20)12-13-4-10-16(19)11-5-13/h4-5,10-11,14-15,17H,6-9,12H2,1-3H3. The summed E-state index contributed by atoms with van der Waals surface area (Å²) in [5.41, 5.74) is 1.81. The zero-order valence-corrected chi connectivity index (χ0v) is 15.2. The molecule has 0 spiro atoms. The molecule has 1 saturated carbocycles. The maximum absolute atomic E-state index is 6.68. The molecule has 1 fully saturated rings. The first-order valence-electron chi connectivity index (χ1n) is 7.75. The van der Waals surface area contributed by atoms with Crippen LogP contribution >= 0.6 is 27.5 Å². The summed E-state index contributed by atoms with van der Waals surface area (Å²) in [6.45, 7) is 7.12. The van der Waals surface area contributed by atoms with Crippen molar-refractivity contribution in [3.05, 3.63) is 34.3 Å². The van der Waals surface area contributed by atoms with Crippen molar-refractivity contribution in [2.24, 2.45) is 17.3 Å². The fourth-order valence-electron chi connectivity index (χ4n) is 3.36. The number of hydrogen-bond donors (Lipinski definition) is 0. The molecule has 0 nitrogen and oxygen atoms in total. The second-order valence-electron chi connectivity index (χ2n) is 7.32. The fourth-order valence-corrected chi connectivity index (χ4v) is 4.05. The molecular formula is C18H26BrCl. The predicted molar refractivity (Wildman–Crippen MR) is 92.4 cm³/mol. The number of benzene rings is 1. The zero-order chi connectivity index (χ0) is 14.8. The molecule has 0 amide bonds. The highest BCUT2D eigenvalue weighted by atomic mass is 79.9. The SMILES string of the molecule is CC(C)(C)C1CCC(C(Cl)Cc2ccc(Br)cc2)CC1. The minimum atomic E-state index is 0.289. The van der Waals surface area contributed by atoms with E-state index in [4.69, 9.17) is 11.6 Å². The lowest BCUT2D eigenvalue weighted by Gasteiger charge is -2.38. The summed E-state index contributed by atoms with van der Waals surface area (Å²) in [7, 11) is 0. The Bertz CT molecular complexity index is 410. The van der Waals surface area contributed by atoms with Gasteiger partial charge in [-0.3, -0.25) is 0 Å². The van der Waals surface area contributed by atoms with Crippen LogP contribution in [0.4, 0.5) is 0 Å². The van der Waals surface area contributed by atoms with Crippen molar-refractivity contribution >= 4 is 27.5 Å². The lowest BCUT2D eigenvalue weighted by atomic mass is 9.69. The molecule has 0 bridgehead atoms. The molecule has 1 aliphatic carbocycles. The number of alkyl halides is 1. The van der Waals surface area contributed by atoms with Gasteiger partial charge in [-0.05, 0) is 67.1 Å². The summed E-state index contributed by atoms with van der Waals surface area (Å²) in [5, 5.41) is 0.289. The molecule has 112 valence electrons. The molecule has 0 aliphatic heterocycles. The Balaban J connectivity index is 1.85. The van der Waals surface area contributed by atoms with E-state index < -0.39 is 0 Å². The van der Waals surface area contributed by atoms with Gasteiger partial charge in [0.05, 0.1) is 0 Å². The zero-order valence-electron chi connectivity index (χ0n) is 12.8. The maximum Gasteiger partial charge on any atom is 0.0404 e. The van der Waals surface area contributed by atoms with Gasteiger partial charge < -0.3 is 0 Å². The van der Waals surface area contributed by atoms with Crippen molar-refractivity contribution in [2.75, 3.05) is 0 Å². The number of halogens is 2. The van der Waals surface area contributed by atoms with Crippen molar-refractivity contribution in [1.82, 2.24) is 0 Å². The van der Waals surface area contributed by atoms with Gasteiger partial charge in [0, 0.05) is 9.85 Å². The molecule has 0 saturated heterocycles. The lowest BCUT2D eigenvalue weighted by molar-refractivity contribution is 0.148. The predicted octanol–water partition coefficient (Wildman–Crippen LogP) is 6.45. The van der Waals surface area contributed by atoms with E-state index in [0.717, 1.165) is 16.8 Å². The quantitative estimate of drug-likeness (QED) is 0.545. The van der Waals surface area contributed by atoms with E-state index in [9.17, 15) is 0 Å². The third-order valence-corrected chi connectivity index (χ3v) is 5.89. The molecular weight excluding hydrogens is 332 g/mol. The van der Waals surface area contributed by atoms with Crippen LogP contribution in [0, 0.1) is 17.3 Å². The van der Waals surface area contributed by atoms with Gasteiger partial charge in [0.25, 0.3) is 0 Å². The summed E-state index contributed by atoms with van der Waals surface area (Å²) in [6, 6.07) is 8.57. The molecule has 20 heavy (non-hydrogen) atoms. The minimum absolute atomic E-state index is 0.289. The molecule has 2 rings (SSSR count). The van der Waals surface area contributed by atoms with E-state index in [1.807, 2.05) is 0 Å². The van der Waals surface area contributed by atoms with Crippen LogP contribution < -0.4 is 0 Å². The first-order chi connectivity index (χ1) is 9.36. The monoisotopic (exact) mass is 356 g/mol. The second kappa shape index (κ2) is 6.83. The second-order valence-corrected chi connectivity index (χ2v) is 8.80. The summed E-state index contributed by atoms with van der Waals surface area (Å²) in [4.78, 5) is 0. The normalized spacial score (nSPS) is 25.4. The van der Waals surface area contributed by atoms with Crippen LogP contribution in [0.2, 0.25) is 0 Å². The summed E-state index contributed by atoms with van der Waals surface area (Å²) >= 11 is 10.2. The van der Waals surface area contributed by atoms with Gasteiger partial charge in [0.1, 0.15) is 0 Å². The van der Waals surface area contributed by atoms with Crippen molar-refractivity contribution in [2.45, 2.75) is 58.3 Å². The third-order valence-electron chi connectivity index (χ3n) is 4.85. The number of hydrogen-bond acceptors (Lipinski definition) is 0. The highest BCUT2D eigenvalue weighted by Gasteiger charge is 2.32. The van der Waals surface area contributed by atoms with Crippen molar-refractivity contribution in [1.29, 1.82) is 0 Å². The Morgan fingerprint density at radius 2 is 1.65 bits per heavy atom. The maximum atomic E-state index is 6.68. The number of rotatable bonds is 3. The summed E-state index contributed by atoms with van der Waals surface area (Å²) in [5.74, 6) is 1.56. The highest BCUT2D eigenvalue weighted by molar-refractivity contribution is 9.10. The average molecular weight is 358 g/mol. The van der Waals surface area contributed by atoms with Gasteiger partial charge in [-0.1, -0.05) is 48.8 Å². The largest absolute Gasteiger partial charge is 0.122 e. The van der Waals surface area contributed by atoms with Gasteiger partial charge in [-0.25, -0.2) is 0 Å². The minimum Gasteiger partial charge on any atom is -0.122 e. The molecule has 1 aromatic rings. The van der Waals surface area contributed by atoms with E-state index >= 15 is 0 Å². The van der Waals surface area contributed by atoms with Gasteiger partial charge in [-0.15, -0.1) is 11.6 Å². The van der Waals surface area contributed by atoms with Gasteiger partial charge in [-0.2, -0.15) is 0 Å². The third kappa shape index (κ3) is 4.49. The Morgan fingerprint density at radius 1 is 1.10 bits per heavy atom. The van der Waals surface area contributed by atoms with Crippen LogP contribution in [-0.4, -0.2) is 5.38 Å². The van der Waals surface area contributed by atoms with Crippen molar-refractivity contribution in [3.63, 3.8) is 0 Å². The Labute approximate surface area is 137 Å². The van der Waals surface area contributed by atoms with E-state index in [0.29, 0.717) is 11.3 Å². The molecule has 1 atom stereocenters. The Hall–Kier alpha value is -0.0100. The van der Waals surface area contributed by atoms with Crippen molar-refractivity contribution in [3.8, 4) is 0 Å². The van der Waals surface area contributed by atoms with Crippen LogP contribution in [0.3, 0.4) is 0 Å². The van der Waals surface area contributed by atoms with Gasteiger partial charge in [0.15, 0.2) is 0 Å². The Kier molecular flexibility index (Phi) is 5.59. The topological polar surface area (TPSA) is 0 Å². The summed E-state index contributed by atoms with van der Waals surface area (Å²) in [6.07, 6.45) is 6.29. The molecule has 0 radical (unpaired) electrons. The molecule has 0 aromatic heterocycles. The van der Waals surface area contributed by atoms with Gasteiger partial charge >= 0.3 is 0 Å². The van der Waals surface area contributed by atoms with Crippen LogP contribution in [-0.2, 0) is 6.42 Å². The van der Waals surface area contributed by atoms with Crippen molar-refractivity contribution < 1.29 is 0 Å². The first-order valence-corrected chi connectivity index (χ1v) is 8.97. The molecule has 1 unspecified atom stereocenters. The lowest BCUT2D eigenvalue weighted by Crippen LogP contribution is -2.29. The van der Waals surface area contributed by atoms with Gasteiger partial charge in [0.2, 0.25) is 0 Å². The average Bonchev–Trinajstić information content (AvgIpc) is 2.40. The van der Waals surface area contributed by atoms with Crippen LogP contribution in [0.1, 0.15) is 52.0 Å². The van der Waals surface area contributed by atoms with E-state index in [2.05, 4.69) is 61.0 Å². The van der Waals surface area contributed by atoms with Crippen LogP contribution in [0.15, 0.2) is 28.7 Å². The summed E-state index contributed by atoms with van der Waals surface area (Å²) < 4.78 is 1.14. The molecule has 1 aromatic carbocycles. The van der Waals surface area contributed by atoms with Crippen LogP contribution in [0.5, 0.6) is 0 Å². The molecule has 1 aliphatic rings. The van der Waals surface area contributed by atoms with E-state index in [1.165, 1.54) is 31.2 Å². The molecule has 0 N–H and O–H groups in total.